The van der Waals surface area contributed by atoms with Crippen LogP contribution in [-0.2, 0) is 14.1 Å². The van der Waals surface area contributed by atoms with E-state index in [0.29, 0.717) is 5.39 Å². The van der Waals surface area contributed by atoms with Crippen LogP contribution in [0.5, 0.6) is 0 Å². The molecular weight excluding hydrogens is 490 g/mol. The number of likely N-dealkylation sites (tertiary alicyclic amines) is 1. The highest BCUT2D eigenvalue weighted by molar-refractivity contribution is 6.07. The van der Waals surface area contributed by atoms with Crippen molar-refractivity contribution < 1.29 is 0 Å². The van der Waals surface area contributed by atoms with E-state index in [4.69, 9.17) is 10.1 Å². The van der Waals surface area contributed by atoms with E-state index in [1.54, 1.807) is 22.2 Å². The number of nitrogens with zero attached hydrogens (tertiary/aromatic N) is 6. The second-order valence-corrected chi connectivity index (χ2v) is 10.9. The van der Waals surface area contributed by atoms with E-state index in [1.807, 2.05) is 62.2 Å². The Hall–Kier alpha value is -4.24. The monoisotopic (exact) mass is 523 g/mol. The van der Waals surface area contributed by atoms with Crippen LogP contribution in [0.25, 0.3) is 33.1 Å². The quantitative estimate of drug-likeness (QED) is 0.376. The molecule has 1 N–H and O–H groups in total. The first-order valence-corrected chi connectivity index (χ1v) is 13.2. The Labute approximate surface area is 226 Å². The lowest BCUT2D eigenvalue weighted by Crippen LogP contribution is -2.45. The molecule has 1 unspecified atom stereocenters. The van der Waals surface area contributed by atoms with E-state index >= 15 is 0 Å². The number of aryl methyl sites for hydroxylation is 4. The zero-order chi connectivity index (χ0) is 27.6. The zero-order valence-corrected chi connectivity index (χ0v) is 23.2. The lowest BCUT2D eigenvalue weighted by Gasteiger charge is -2.36. The summed E-state index contributed by atoms with van der Waals surface area (Å²) in [7, 11) is 5.67. The van der Waals surface area contributed by atoms with Gasteiger partial charge in [-0.15, -0.1) is 0 Å². The van der Waals surface area contributed by atoms with E-state index in [0.717, 1.165) is 63.3 Å². The van der Waals surface area contributed by atoms with Gasteiger partial charge in [0.2, 0.25) is 5.56 Å². The zero-order valence-electron chi connectivity index (χ0n) is 23.2. The Bertz CT molecular complexity index is 1880. The first-order chi connectivity index (χ1) is 18.6. The number of aromatic nitrogens is 5. The highest BCUT2D eigenvalue weighted by atomic mass is 16.1. The van der Waals surface area contributed by atoms with Gasteiger partial charge in [0.05, 0.1) is 23.6 Å². The van der Waals surface area contributed by atoms with Crippen LogP contribution in [0, 0.1) is 13.8 Å². The summed E-state index contributed by atoms with van der Waals surface area (Å²) < 4.78 is 5.32. The average molecular weight is 524 g/mol. The van der Waals surface area contributed by atoms with Crippen LogP contribution in [0.1, 0.15) is 35.8 Å². The number of hydrogen-bond acceptors (Lipinski definition) is 6. The summed E-state index contributed by atoms with van der Waals surface area (Å²) in [4.78, 5) is 32.7. The van der Waals surface area contributed by atoms with Crippen molar-refractivity contribution in [3.63, 3.8) is 0 Å². The van der Waals surface area contributed by atoms with E-state index in [1.165, 1.54) is 0 Å². The van der Waals surface area contributed by atoms with Gasteiger partial charge in [-0.3, -0.25) is 19.1 Å². The molecule has 0 amide bonds. The molecule has 39 heavy (non-hydrogen) atoms. The minimum atomic E-state index is -0.142. The van der Waals surface area contributed by atoms with Crippen LogP contribution in [-0.4, -0.2) is 48.9 Å². The number of hydrogen-bond donors (Lipinski definition) is 1. The van der Waals surface area contributed by atoms with Crippen molar-refractivity contribution >= 4 is 27.5 Å². The SMILES string of the molecule is Cc1cc(C(C)Nc2ccc(C)nc2-c2ccc(=O)n(C)c2)c2c(c1)c(=O)n(C)c1c2cnn1C1CN(C)C1. The summed E-state index contributed by atoms with van der Waals surface area (Å²) in [6, 6.07) is 11.6. The van der Waals surface area contributed by atoms with E-state index in [2.05, 4.69) is 30.3 Å². The Kier molecular flexibility index (Phi) is 5.91. The standard InChI is InChI=1S/C30H33N7O2/c1-17-11-22(19(3)33-25-9-7-18(2)32-28(25)20-8-10-26(38)35(5)14-20)27-23(12-17)30(39)36(6)29-24(27)13-31-37(29)21-15-34(4)16-21/h7-14,19,21,33H,15-16H2,1-6H3. The molecule has 1 aromatic carbocycles. The van der Waals surface area contributed by atoms with Gasteiger partial charge in [-0.1, -0.05) is 6.07 Å². The molecule has 0 spiro atoms. The summed E-state index contributed by atoms with van der Waals surface area (Å²) in [6.45, 7) is 7.91. The highest BCUT2D eigenvalue weighted by Gasteiger charge is 2.29. The molecule has 1 aliphatic rings. The number of fused-ring (bicyclic) bond motifs is 3. The maximum absolute atomic E-state index is 13.7. The van der Waals surface area contributed by atoms with Gasteiger partial charge in [-0.25, -0.2) is 4.68 Å². The molecule has 9 nitrogen and oxygen atoms in total. The number of pyridine rings is 3. The van der Waals surface area contributed by atoms with Crippen molar-refractivity contribution in [3.8, 4) is 11.3 Å². The van der Waals surface area contributed by atoms with Crippen LogP contribution in [0.3, 0.4) is 0 Å². The second kappa shape index (κ2) is 9.20. The predicted molar refractivity (Wildman–Crippen MR) is 155 cm³/mol. The van der Waals surface area contributed by atoms with Gasteiger partial charge in [0.15, 0.2) is 0 Å². The van der Waals surface area contributed by atoms with Gasteiger partial charge >= 0.3 is 0 Å². The van der Waals surface area contributed by atoms with Crippen molar-refractivity contribution in [2.24, 2.45) is 14.1 Å². The molecule has 9 heteroatoms. The number of likely N-dealkylation sites (N-methyl/N-ethyl adjacent to an activating group) is 1. The minimum Gasteiger partial charge on any atom is -0.377 e. The molecule has 6 rings (SSSR count). The number of anilines is 1. The topological polar surface area (TPSA) is 90.0 Å². The van der Waals surface area contributed by atoms with E-state index in [9.17, 15) is 9.59 Å². The van der Waals surface area contributed by atoms with Crippen LogP contribution >= 0.6 is 0 Å². The van der Waals surface area contributed by atoms with Crippen LogP contribution in [0.15, 0.2) is 58.4 Å². The lowest BCUT2D eigenvalue weighted by molar-refractivity contribution is 0.133. The van der Waals surface area contributed by atoms with Crippen LogP contribution in [0.2, 0.25) is 0 Å². The molecule has 4 aromatic heterocycles. The largest absolute Gasteiger partial charge is 0.377 e. The predicted octanol–water partition coefficient (Wildman–Crippen LogP) is 3.93. The number of rotatable bonds is 5. The summed E-state index contributed by atoms with van der Waals surface area (Å²) in [6.07, 6.45) is 3.71. The van der Waals surface area contributed by atoms with Gasteiger partial charge in [0.1, 0.15) is 5.65 Å². The van der Waals surface area contributed by atoms with Crippen molar-refractivity contribution in [3.05, 3.63) is 86.3 Å². The number of benzene rings is 1. The first kappa shape index (κ1) is 25.1. The summed E-state index contributed by atoms with van der Waals surface area (Å²) in [5.74, 6) is 0. The summed E-state index contributed by atoms with van der Waals surface area (Å²) >= 11 is 0. The molecule has 1 atom stereocenters. The third-order valence-corrected chi connectivity index (χ3v) is 7.83. The molecule has 0 radical (unpaired) electrons. The van der Waals surface area contributed by atoms with E-state index < -0.39 is 0 Å². The fourth-order valence-corrected chi connectivity index (χ4v) is 5.79. The fraction of sp³-hybridized carbons (Fsp3) is 0.333. The van der Waals surface area contributed by atoms with Crippen molar-refractivity contribution in [2.75, 3.05) is 25.5 Å². The fourth-order valence-electron chi connectivity index (χ4n) is 5.79. The second-order valence-electron chi connectivity index (χ2n) is 10.9. The minimum absolute atomic E-state index is 0.0213. The Morgan fingerprint density at radius 2 is 1.77 bits per heavy atom. The summed E-state index contributed by atoms with van der Waals surface area (Å²) in [5, 5.41) is 11.0. The molecule has 0 aliphatic carbocycles. The maximum atomic E-state index is 13.7. The Balaban J connectivity index is 1.50. The van der Waals surface area contributed by atoms with E-state index in [-0.39, 0.29) is 23.2 Å². The summed E-state index contributed by atoms with van der Waals surface area (Å²) in [5.41, 5.74) is 6.19. The molecule has 1 fully saturated rings. The lowest BCUT2D eigenvalue weighted by atomic mass is 9.95. The van der Waals surface area contributed by atoms with Gasteiger partial charge in [-0.05, 0) is 63.2 Å². The maximum Gasteiger partial charge on any atom is 0.259 e. The molecule has 5 aromatic rings. The smallest absolute Gasteiger partial charge is 0.259 e. The molecule has 0 bridgehead atoms. The van der Waals surface area contributed by atoms with Crippen molar-refractivity contribution in [1.82, 2.24) is 28.8 Å². The van der Waals surface area contributed by atoms with Gasteiger partial charge in [0, 0.05) is 72.9 Å². The Morgan fingerprint density at radius 3 is 2.49 bits per heavy atom. The highest BCUT2D eigenvalue weighted by Crippen LogP contribution is 2.35. The van der Waals surface area contributed by atoms with Crippen LogP contribution < -0.4 is 16.4 Å². The molecule has 5 heterocycles. The molecule has 0 saturated carbocycles. The van der Waals surface area contributed by atoms with Gasteiger partial charge in [-0.2, -0.15) is 5.10 Å². The molecule has 1 saturated heterocycles. The van der Waals surface area contributed by atoms with Gasteiger partial charge < -0.3 is 14.8 Å². The molecule has 200 valence electrons. The van der Waals surface area contributed by atoms with Crippen LogP contribution in [0.4, 0.5) is 5.69 Å². The van der Waals surface area contributed by atoms with Gasteiger partial charge in [0.25, 0.3) is 5.56 Å². The van der Waals surface area contributed by atoms with Crippen molar-refractivity contribution in [1.29, 1.82) is 0 Å². The molecular formula is C30H33N7O2. The molecule has 1 aliphatic heterocycles. The number of nitrogens with one attached hydrogen (secondary N) is 1. The third-order valence-electron chi connectivity index (χ3n) is 7.83. The van der Waals surface area contributed by atoms with Crippen molar-refractivity contribution in [2.45, 2.75) is 32.9 Å². The normalized spacial score (nSPS) is 15.1. The average Bonchev–Trinajstić information content (AvgIpc) is 3.32. The third kappa shape index (κ3) is 4.13. The first-order valence-electron chi connectivity index (χ1n) is 13.2. The Morgan fingerprint density at radius 1 is 1.00 bits per heavy atom.